The summed E-state index contributed by atoms with van der Waals surface area (Å²) in [4.78, 5) is 2.48. The van der Waals surface area contributed by atoms with Crippen molar-refractivity contribution in [1.29, 1.82) is 0 Å². The molecule has 0 aliphatic carbocycles. The zero-order valence-electron chi connectivity index (χ0n) is 11.7. The molecular formula is C15H26N2. The van der Waals surface area contributed by atoms with Gasteiger partial charge in [-0.25, -0.2) is 0 Å². The van der Waals surface area contributed by atoms with Crippen LogP contribution in [0.3, 0.4) is 0 Å². The van der Waals surface area contributed by atoms with Crippen LogP contribution in [-0.4, -0.2) is 31.1 Å². The van der Waals surface area contributed by atoms with E-state index in [0.29, 0.717) is 0 Å². The number of hydrogen-bond acceptors (Lipinski definition) is 2. The molecule has 0 atom stereocenters. The van der Waals surface area contributed by atoms with Crippen molar-refractivity contribution in [2.45, 2.75) is 34.2 Å². The first-order valence-electron chi connectivity index (χ1n) is 6.66. The molecule has 17 heavy (non-hydrogen) atoms. The highest BCUT2D eigenvalue weighted by molar-refractivity contribution is 5.28. The summed E-state index contributed by atoms with van der Waals surface area (Å²) in [5.41, 5.74) is 4.16. The van der Waals surface area contributed by atoms with E-state index in [0.717, 1.165) is 32.7 Å². The van der Waals surface area contributed by atoms with Crippen molar-refractivity contribution in [3.63, 3.8) is 0 Å². The second-order valence-electron chi connectivity index (χ2n) is 4.72. The zero-order chi connectivity index (χ0) is 12.7. The molecule has 1 aromatic rings. The number of rotatable bonds is 7. The van der Waals surface area contributed by atoms with Crippen LogP contribution in [0.4, 0.5) is 0 Å². The molecule has 0 aromatic heterocycles. The lowest BCUT2D eigenvalue weighted by molar-refractivity contribution is 0.280. The number of benzene rings is 1. The average molecular weight is 234 g/mol. The van der Waals surface area contributed by atoms with Crippen molar-refractivity contribution >= 4 is 0 Å². The molecule has 0 unspecified atom stereocenters. The maximum atomic E-state index is 3.38. The Balaban J connectivity index is 2.54. The summed E-state index contributed by atoms with van der Waals surface area (Å²) in [6.07, 6.45) is 0. The van der Waals surface area contributed by atoms with E-state index < -0.39 is 0 Å². The molecular weight excluding hydrogens is 208 g/mol. The van der Waals surface area contributed by atoms with Gasteiger partial charge >= 0.3 is 0 Å². The monoisotopic (exact) mass is 234 g/mol. The highest BCUT2D eigenvalue weighted by Crippen LogP contribution is 2.11. The van der Waals surface area contributed by atoms with Crippen molar-refractivity contribution in [1.82, 2.24) is 10.2 Å². The largest absolute Gasteiger partial charge is 0.316 e. The van der Waals surface area contributed by atoms with Crippen molar-refractivity contribution in [3.05, 3.63) is 34.9 Å². The first-order valence-corrected chi connectivity index (χ1v) is 6.66. The fraction of sp³-hybridized carbons (Fsp3) is 0.600. The number of hydrogen-bond donors (Lipinski definition) is 1. The lowest BCUT2D eigenvalue weighted by atomic mass is 10.1. The molecule has 0 heterocycles. The summed E-state index contributed by atoms with van der Waals surface area (Å²) in [7, 11) is 0. The average Bonchev–Trinajstić information content (AvgIpc) is 2.26. The molecule has 1 aromatic carbocycles. The minimum Gasteiger partial charge on any atom is -0.316 e. The summed E-state index contributed by atoms with van der Waals surface area (Å²) in [6.45, 7) is 14.2. The van der Waals surface area contributed by atoms with Crippen LogP contribution in [0, 0.1) is 13.8 Å². The maximum absolute atomic E-state index is 3.38. The third-order valence-corrected chi connectivity index (χ3v) is 2.99. The molecule has 96 valence electrons. The predicted molar refractivity (Wildman–Crippen MR) is 75.4 cm³/mol. The van der Waals surface area contributed by atoms with Crippen molar-refractivity contribution in [2.75, 3.05) is 26.2 Å². The van der Waals surface area contributed by atoms with Gasteiger partial charge in [0.1, 0.15) is 0 Å². The fourth-order valence-corrected chi connectivity index (χ4v) is 2.18. The summed E-state index contributed by atoms with van der Waals surface area (Å²) in [5.74, 6) is 0. The Hall–Kier alpha value is -0.860. The predicted octanol–water partition coefficient (Wildman–Crippen LogP) is 2.73. The Morgan fingerprint density at radius 1 is 1.06 bits per heavy atom. The topological polar surface area (TPSA) is 15.3 Å². The third kappa shape index (κ3) is 5.33. The molecule has 0 radical (unpaired) electrons. The van der Waals surface area contributed by atoms with E-state index in [1.165, 1.54) is 16.7 Å². The molecule has 0 saturated carbocycles. The van der Waals surface area contributed by atoms with Gasteiger partial charge in [0.25, 0.3) is 0 Å². The minimum atomic E-state index is 1.06. The van der Waals surface area contributed by atoms with E-state index in [-0.39, 0.29) is 0 Å². The van der Waals surface area contributed by atoms with Crippen LogP contribution in [0.5, 0.6) is 0 Å². The van der Waals surface area contributed by atoms with Crippen LogP contribution in [0.25, 0.3) is 0 Å². The summed E-state index contributed by atoms with van der Waals surface area (Å²) in [5, 5.41) is 3.38. The molecule has 0 aliphatic rings. The van der Waals surface area contributed by atoms with Crippen molar-refractivity contribution in [2.24, 2.45) is 0 Å². The summed E-state index contributed by atoms with van der Waals surface area (Å²) < 4.78 is 0. The Labute approximate surface area is 106 Å². The van der Waals surface area contributed by atoms with Gasteiger partial charge < -0.3 is 5.32 Å². The lowest BCUT2D eigenvalue weighted by Gasteiger charge is -2.21. The molecule has 0 saturated heterocycles. The van der Waals surface area contributed by atoms with Crippen LogP contribution in [0.1, 0.15) is 30.5 Å². The first-order chi connectivity index (χ1) is 8.15. The molecule has 1 N–H and O–H groups in total. The Morgan fingerprint density at radius 2 is 1.71 bits per heavy atom. The van der Waals surface area contributed by atoms with Gasteiger partial charge in [-0.2, -0.15) is 0 Å². The second kappa shape index (κ2) is 7.46. The number of nitrogens with zero attached hydrogens (tertiary/aromatic N) is 1. The summed E-state index contributed by atoms with van der Waals surface area (Å²) in [6, 6.07) is 6.82. The van der Waals surface area contributed by atoms with Crippen LogP contribution < -0.4 is 5.32 Å². The highest BCUT2D eigenvalue weighted by Gasteiger charge is 2.04. The van der Waals surface area contributed by atoms with Gasteiger partial charge in [0.05, 0.1) is 0 Å². The molecule has 0 fully saturated rings. The molecule has 1 rings (SSSR count). The quantitative estimate of drug-likeness (QED) is 0.730. The van der Waals surface area contributed by atoms with Gasteiger partial charge in [-0.15, -0.1) is 0 Å². The van der Waals surface area contributed by atoms with E-state index in [9.17, 15) is 0 Å². The zero-order valence-corrected chi connectivity index (χ0v) is 11.7. The first kappa shape index (κ1) is 14.2. The van der Waals surface area contributed by atoms with E-state index >= 15 is 0 Å². The van der Waals surface area contributed by atoms with E-state index in [4.69, 9.17) is 0 Å². The van der Waals surface area contributed by atoms with Crippen LogP contribution in [0.15, 0.2) is 18.2 Å². The van der Waals surface area contributed by atoms with Gasteiger partial charge in [-0.1, -0.05) is 43.2 Å². The third-order valence-electron chi connectivity index (χ3n) is 2.99. The summed E-state index contributed by atoms with van der Waals surface area (Å²) >= 11 is 0. The molecule has 0 aliphatic heterocycles. The second-order valence-corrected chi connectivity index (χ2v) is 4.72. The van der Waals surface area contributed by atoms with Crippen molar-refractivity contribution in [3.8, 4) is 0 Å². The SMILES string of the molecule is CCNCCN(CC)Cc1cc(C)cc(C)c1. The smallest absolute Gasteiger partial charge is 0.0234 e. The normalized spacial score (nSPS) is 11.1. The van der Waals surface area contributed by atoms with Gasteiger partial charge in [-0.3, -0.25) is 4.90 Å². The highest BCUT2D eigenvalue weighted by atomic mass is 15.1. The number of likely N-dealkylation sites (N-methyl/N-ethyl adjacent to an activating group) is 2. The Kier molecular flexibility index (Phi) is 6.23. The van der Waals surface area contributed by atoms with Gasteiger partial charge in [-0.05, 0) is 32.5 Å². The Morgan fingerprint density at radius 3 is 2.24 bits per heavy atom. The molecule has 2 heteroatoms. The maximum Gasteiger partial charge on any atom is 0.0234 e. The fourth-order valence-electron chi connectivity index (χ4n) is 2.18. The minimum absolute atomic E-state index is 1.06. The number of nitrogens with one attached hydrogen (secondary N) is 1. The van der Waals surface area contributed by atoms with Crippen LogP contribution >= 0.6 is 0 Å². The molecule has 0 amide bonds. The van der Waals surface area contributed by atoms with E-state index in [2.05, 4.69) is 56.1 Å². The molecule has 0 bridgehead atoms. The molecule has 2 nitrogen and oxygen atoms in total. The Bertz CT molecular complexity index is 313. The van der Waals surface area contributed by atoms with Crippen LogP contribution in [-0.2, 0) is 6.54 Å². The lowest BCUT2D eigenvalue weighted by Crippen LogP contribution is -2.31. The van der Waals surface area contributed by atoms with Gasteiger partial charge in [0, 0.05) is 19.6 Å². The van der Waals surface area contributed by atoms with Gasteiger partial charge in [0.2, 0.25) is 0 Å². The number of aryl methyl sites for hydroxylation is 2. The standard InChI is InChI=1S/C15H26N2/c1-5-16-7-8-17(6-2)12-15-10-13(3)9-14(4)11-15/h9-11,16H,5-8,12H2,1-4H3. The van der Waals surface area contributed by atoms with Crippen LogP contribution in [0.2, 0.25) is 0 Å². The van der Waals surface area contributed by atoms with Gasteiger partial charge in [0.15, 0.2) is 0 Å². The van der Waals surface area contributed by atoms with E-state index in [1.807, 2.05) is 0 Å². The molecule has 0 spiro atoms. The van der Waals surface area contributed by atoms with Crippen molar-refractivity contribution < 1.29 is 0 Å². The van der Waals surface area contributed by atoms with E-state index in [1.54, 1.807) is 0 Å².